The molecular weight excluding hydrogens is 292 g/mol. The van der Waals surface area contributed by atoms with E-state index in [2.05, 4.69) is 20.7 Å². The van der Waals surface area contributed by atoms with Crippen LogP contribution >= 0.6 is 15.9 Å². The zero-order chi connectivity index (χ0) is 12.6. The van der Waals surface area contributed by atoms with Gasteiger partial charge in [0.1, 0.15) is 11.3 Å². The van der Waals surface area contributed by atoms with E-state index < -0.39 is 17.0 Å². The Morgan fingerprint density at radius 2 is 2.12 bits per heavy atom. The third kappa shape index (κ3) is 1.88. The molecule has 0 bridgehead atoms. The standard InChI is InChI=1S/C11H9BrO5/c1-15-7-4-5(10(13)16-2)3-6-8(7)11(14)17-9(6)12/h3-4,9H,1-2H3. The molecule has 0 saturated heterocycles. The largest absolute Gasteiger partial charge is 0.496 e. The summed E-state index contributed by atoms with van der Waals surface area (Å²) in [4.78, 5) is 23.0. The molecule has 0 radical (unpaired) electrons. The van der Waals surface area contributed by atoms with Gasteiger partial charge in [-0.2, -0.15) is 0 Å². The van der Waals surface area contributed by atoms with Crippen molar-refractivity contribution in [1.82, 2.24) is 0 Å². The van der Waals surface area contributed by atoms with Crippen molar-refractivity contribution in [1.29, 1.82) is 0 Å². The summed E-state index contributed by atoms with van der Waals surface area (Å²) in [6.07, 6.45) is 0. The van der Waals surface area contributed by atoms with Crippen LogP contribution in [0.25, 0.3) is 0 Å². The SMILES string of the molecule is COC(=O)c1cc(OC)c2c(c1)C(Br)OC2=O. The maximum absolute atomic E-state index is 11.6. The lowest BCUT2D eigenvalue weighted by molar-refractivity contribution is 0.0527. The number of benzene rings is 1. The number of rotatable bonds is 2. The molecule has 90 valence electrons. The number of ether oxygens (including phenoxy) is 3. The number of esters is 2. The van der Waals surface area contributed by atoms with Crippen molar-refractivity contribution in [3.63, 3.8) is 0 Å². The summed E-state index contributed by atoms with van der Waals surface area (Å²) in [5, 5.41) is -0.566. The summed E-state index contributed by atoms with van der Waals surface area (Å²) in [6.45, 7) is 0. The fourth-order valence-corrected chi connectivity index (χ4v) is 2.18. The van der Waals surface area contributed by atoms with Crippen LogP contribution in [0.1, 0.15) is 31.3 Å². The molecule has 0 saturated carbocycles. The van der Waals surface area contributed by atoms with Gasteiger partial charge in [0.05, 0.1) is 19.8 Å². The van der Waals surface area contributed by atoms with Crippen LogP contribution in [-0.2, 0) is 9.47 Å². The van der Waals surface area contributed by atoms with Gasteiger partial charge in [0, 0.05) is 5.56 Å². The van der Waals surface area contributed by atoms with Crippen molar-refractivity contribution < 1.29 is 23.8 Å². The summed E-state index contributed by atoms with van der Waals surface area (Å²) < 4.78 is 14.7. The Balaban J connectivity index is 2.61. The number of cyclic esters (lactones) is 1. The number of hydrogen-bond donors (Lipinski definition) is 0. The quantitative estimate of drug-likeness (QED) is 0.618. The second-order valence-electron chi connectivity index (χ2n) is 3.36. The topological polar surface area (TPSA) is 61.8 Å². The number of fused-ring (bicyclic) bond motifs is 1. The normalized spacial score (nSPS) is 17.4. The van der Waals surface area contributed by atoms with Gasteiger partial charge in [-0.3, -0.25) is 0 Å². The lowest BCUT2D eigenvalue weighted by Crippen LogP contribution is -2.05. The van der Waals surface area contributed by atoms with Crippen molar-refractivity contribution in [2.45, 2.75) is 5.01 Å². The maximum Gasteiger partial charge on any atom is 0.343 e. The molecule has 2 rings (SSSR count). The van der Waals surface area contributed by atoms with E-state index in [1.165, 1.54) is 20.3 Å². The van der Waals surface area contributed by atoms with Crippen LogP contribution in [-0.4, -0.2) is 26.2 Å². The summed E-state index contributed by atoms with van der Waals surface area (Å²) >= 11 is 3.20. The van der Waals surface area contributed by atoms with Gasteiger partial charge in [-0.1, -0.05) is 0 Å². The Hall–Kier alpha value is -1.56. The second kappa shape index (κ2) is 4.37. The van der Waals surface area contributed by atoms with Gasteiger partial charge in [0.25, 0.3) is 0 Å². The molecule has 0 N–H and O–H groups in total. The molecule has 1 atom stereocenters. The van der Waals surface area contributed by atoms with Crippen LogP contribution in [0.5, 0.6) is 5.75 Å². The highest BCUT2D eigenvalue weighted by Gasteiger charge is 2.33. The maximum atomic E-state index is 11.6. The number of carbonyl (C=O) groups is 2. The zero-order valence-electron chi connectivity index (χ0n) is 9.15. The van der Waals surface area contributed by atoms with Gasteiger partial charge in [-0.15, -0.1) is 0 Å². The predicted octanol–water partition coefficient (Wildman–Crippen LogP) is 2.05. The van der Waals surface area contributed by atoms with Crippen LogP contribution in [0.3, 0.4) is 0 Å². The molecular formula is C11H9BrO5. The summed E-state index contributed by atoms with van der Waals surface area (Å²) in [7, 11) is 2.71. The van der Waals surface area contributed by atoms with Crippen molar-refractivity contribution in [3.8, 4) is 5.75 Å². The zero-order valence-corrected chi connectivity index (χ0v) is 10.7. The molecule has 1 unspecified atom stereocenters. The molecule has 1 heterocycles. The number of alkyl halides is 1. The van der Waals surface area contributed by atoms with Gasteiger partial charge in [-0.05, 0) is 28.1 Å². The van der Waals surface area contributed by atoms with Crippen LogP contribution in [0.15, 0.2) is 12.1 Å². The average Bonchev–Trinajstić information content (AvgIpc) is 2.63. The molecule has 1 aliphatic rings. The Morgan fingerprint density at radius 1 is 1.41 bits per heavy atom. The minimum Gasteiger partial charge on any atom is -0.496 e. The molecule has 0 spiro atoms. The smallest absolute Gasteiger partial charge is 0.343 e. The van der Waals surface area contributed by atoms with Crippen LogP contribution in [0.2, 0.25) is 0 Å². The Morgan fingerprint density at radius 3 is 2.71 bits per heavy atom. The molecule has 0 aliphatic carbocycles. The van der Waals surface area contributed by atoms with Crippen LogP contribution in [0, 0.1) is 0 Å². The van der Waals surface area contributed by atoms with Gasteiger partial charge in [-0.25, -0.2) is 9.59 Å². The Kier molecular flexibility index (Phi) is 3.06. The summed E-state index contributed by atoms with van der Waals surface area (Å²) in [5.74, 6) is -0.671. The first-order valence-corrected chi connectivity index (χ1v) is 5.65. The minimum atomic E-state index is -0.566. The van der Waals surface area contributed by atoms with E-state index in [-0.39, 0.29) is 0 Å². The Bertz CT molecular complexity index is 497. The molecule has 0 amide bonds. The third-order valence-electron chi connectivity index (χ3n) is 2.43. The van der Waals surface area contributed by atoms with Crippen molar-refractivity contribution in [3.05, 3.63) is 28.8 Å². The second-order valence-corrected chi connectivity index (χ2v) is 4.19. The number of hydrogen-bond acceptors (Lipinski definition) is 5. The van der Waals surface area contributed by atoms with E-state index >= 15 is 0 Å². The molecule has 5 nitrogen and oxygen atoms in total. The molecule has 0 fully saturated rings. The van der Waals surface area contributed by atoms with Crippen LogP contribution in [0.4, 0.5) is 0 Å². The molecule has 6 heteroatoms. The van der Waals surface area contributed by atoms with Crippen molar-refractivity contribution in [2.24, 2.45) is 0 Å². The van der Waals surface area contributed by atoms with E-state index in [4.69, 9.17) is 9.47 Å². The highest BCUT2D eigenvalue weighted by molar-refractivity contribution is 9.09. The average molecular weight is 301 g/mol. The fourth-order valence-electron chi connectivity index (χ4n) is 1.65. The summed E-state index contributed by atoms with van der Waals surface area (Å²) in [5.41, 5.74) is 1.21. The van der Waals surface area contributed by atoms with Crippen LogP contribution < -0.4 is 4.74 Å². The van der Waals surface area contributed by atoms with E-state index in [9.17, 15) is 9.59 Å². The van der Waals surface area contributed by atoms with E-state index in [1.807, 2.05) is 0 Å². The van der Waals surface area contributed by atoms with E-state index in [0.29, 0.717) is 22.4 Å². The van der Waals surface area contributed by atoms with Crippen molar-refractivity contribution in [2.75, 3.05) is 14.2 Å². The lowest BCUT2D eigenvalue weighted by Gasteiger charge is -2.07. The molecule has 1 aromatic carbocycles. The number of carbonyl (C=O) groups excluding carboxylic acids is 2. The Labute approximate surface area is 106 Å². The molecule has 0 aromatic heterocycles. The van der Waals surface area contributed by atoms with Gasteiger partial charge in [0.15, 0.2) is 5.01 Å². The minimum absolute atomic E-state index is 0.301. The highest BCUT2D eigenvalue weighted by atomic mass is 79.9. The highest BCUT2D eigenvalue weighted by Crippen LogP contribution is 2.40. The van der Waals surface area contributed by atoms with E-state index in [1.54, 1.807) is 6.07 Å². The van der Waals surface area contributed by atoms with Gasteiger partial charge >= 0.3 is 11.9 Å². The van der Waals surface area contributed by atoms with Gasteiger partial charge in [0.2, 0.25) is 0 Å². The number of methoxy groups -OCH3 is 2. The predicted molar refractivity (Wildman–Crippen MR) is 61.4 cm³/mol. The van der Waals surface area contributed by atoms with Crippen molar-refractivity contribution >= 4 is 27.9 Å². The fraction of sp³-hybridized carbons (Fsp3) is 0.273. The molecule has 17 heavy (non-hydrogen) atoms. The first-order valence-electron chi connectivity index (χ1n) is 4.73. The van der Waals surface area contributed by atoms with E-state index in [0.717, 1.165) is 0 Å². The summed E-state index contributed by atoms with van der Waals surface area (Å²) in [6, 6.07) is 3.00. The third-order valence-corrected chi connectivity index (χ3v) is 3.11. The lowest BCUT2D eigenvalue weighted by atomic mass is 10.0. The number of halogens is 1. The molecule has 1 aliphatic heterocycles. The molecule has 1 aromatic rings. The monoisotopic (exact) mass is 300 g/mol. The van der Waals surface area contributed by atoms with Gasteiger partial charge < -0.3 is 14.2 Å². The first kappa shape index (κ1) is 11.9. The first-order chi connectivity index (χ1) is 8.08.